The molecule has 18 heavy (non-hydrogen) atoms. The van der Waals surface area contributed by atoms with E-state index in [1.807, 2.05) is 0 Å². The molecule has 100 valence electrons. The minimum Gasteiger partial charge on any atom is -0.463 e. The van der Waals surface area contributed by atoms with Crippen LogP contribution < -0.4 is 0 Å². The van der Waals surface area contributed by atoms with Gasteiger partial charge in [0.2, 0.25) is 5.78 Å². The zero-order valence-electron chi connectivity index (χ0n) is 9.83. The molecule has 2 atom stereocenters. The van der Waals surface area contributed by atoms with E-state index < -0.39 is 42.5 Å². The normalized spacial score (nSPS) is 19.4. The Morgan fingerprint density at radius 2 is 2.11 bits per heavy atom. The van der Waals surface area contributed by atoms with Gasteiger partial charge in [-0.05, 0) is 0 Å². The average Bonchev–Trinajstić information content (AvgIpc) is 2.73. The molecule has 0 radical (unpaired) electrons. The summed E-state index contributed by atoms with van der Waals surface area (Å²) >= 11 is 0. The van der Waals surface area contributed by atoms with Crippen LogP contribution in [0.15, 0.2) is 0 Å². The maximum atomic E-state index is 11.4. The number of cyclic esters (lactones) is 2. The van der Waals surface area contributed by atoms with Crippen molar-refractivity contribution >= 4 is 23.9 Å². The summed E-state index contributed by atoms with van der Waals surface area (Å²) in [6, 6.07) is 0. The molecule has 8 nitrogen and oxygen atoms in total. The number of methoxy groups -OCH3 is 1. The number of hydrogen-bond acceptors (Lipinski definition) is 8. The van der Waals surface area contributed by atoms with Gasteiger partial charge in [0.25, 0.3) is 0 Å². The lowest BCUT2D eigenvalue weighted by molar-refractivity contribution is -0.158. The Labute approximate surface area is 102 Å². The second-order valence-electron chi connectivity index (χ2n) is 3.48. The van der Waals surface area contributed by atoms with Crippen molar-refractivity contribution in [1.82, 2.24) is 0 Å². The van der Waals surface area contributed by atoms with Gasteiger partial charge in [0.15, 0.2) is 6.10 Å². The standard InChI is InChI=1S/C10H12O8/c1-5(11)17-7(3-6(12)9(13)15-2)8-4-16-10(14)18-8/h7-8H,3-4H2,1-2H3/t7-,8+/m0/s1. The molecule has 0 bridgehead atoms. The minimum atomic E-state index is -1.07. The molecule has 1 saturated heterocycles. The van der Waals surface area contributed by atoms with Crippen LogP contribution in [-0.2, 0) is 33.3 Å². The largest absolute Gasteiger partial charge is 0.508 e. The summed E-state index contributed by atoms with van der Waals surface area (Å²) in [6.07, 6.45) is -3.33. The third kappa shape index (κ3) is 3.72. The molecule has 1 heterocycles. The summed E-state index contributed by atoms with van der Waals surface area (Å²) < 4.78 is 18.3. The minimum absolute atomic E-state index is 0.148. The number of carbonyl (C=O) groups is 4. The zero-order valence-corrected chi connectivity index (χ0v) is 9.83. The summed E-state index contributed by atoms with van der Waals surface area (Å²) in [5, 5.41) is 0. The number of esters is 2. The van der Waals surface area contributed by atoms with Gasteiger partial charge in [-0.25, -0.2) is 9.59 Å². The lowest BCUT2D eigenvalue weighted by Crippen LogP contribution is -2.36. The first-order chi connectivity index (χ1) is 8.43. The Hall–Kier alpha value is -2.12. The third-order valence-corrected chi connectivity index (χ3v) is 2.14. The molecule has 0 saturated carbocycles. The molecule has 0 amide bonds. The monoisotopic (exact) mass is 260 g/mol. The molecule has 1 aliphatic heterocycles. The second-order valence-corrected chi connectivity index (χ2v) is 3.48. The lowest BCUT2D eigenvalue weighted by Gasteiger charge is -2.19. The van der Waals surface area contributed by atoms with Gasteiger partial charge in [0, 0.05) is 6.92 Å². The maximum Gasteiger partial charge on any atom is 0.508 e. The predicted octanol–water partition coefficient (Wildman–Crippen LogP) is -0.414. The fourth-order valence-electron chi connectivity index (χ4n) is 1.37. The Morgan fingerprint density at radius 3 is 2.56 bits per heavy atom. The number of carbonyl (C=O) groups excluding carboxylic acids is 4. The summed E-state index contributed by atoms with van der Waals surface area (Å²) in [4.78, 5) is 44.0. The molecular formula is C10H12O8. The molecule has 0 spiro atoms. The summed E-state index contributed by atoms with van der Waals surface area (Å²) in [5.41, 5.74) is 0. The maximum absolute atomic E-state index is 11.4. The van der Waals surface area contributed by atoms with Gasteiger partial charge in [-0.2, -0.15) is 0 Å². The highest BCUT2D eigenvalue weighted by atomic mass is 16.8. The van der Waals surface area contributed by atoms with Crippen molar-refractivity contribution in [2.45, 2.75) is 25.6 Å². The van der Waals surface area contributed by atoms with Crippen LogP contribution in [0.5, 0.6) is 0 Å². The van der Waals surface area contributed by atoms with Crippen LogP contribution in [0, 0.1) is 0 Å². The summed E-state index contributed by atoms with van der Waals surface area (Å²) in [6.45, 7) is 0.985. The van der Waals surface area contributed by atoms with Gasteiger partial charge >= 0.3 is 18.1 Å². The smallest absolute Gasteiger partial charge is 0.463 e. The van der Waals surface area contributed by atoms with Gasteiger partial charge < -0.3 is 18.9 Å². The molecule has 0 aromatic carbocycles. The van der Waals surface area contributed by atoms with Gasteiger partial charge in [-0.1, -0.05) is 0 Å². The molecule has 0 N–H and O–H groups in total. The fourth-order valence-corrected chi connectivity index (χ4v) is 1.37. The van der Waals surface area contributed by atoms with Gasteiger partial charge in [-0.3, -0.25) is 9.59 Å². The van der Waals surface area contributed by atoms with Crippen LogP contribution in [0.1, 0.15) is 13.3 Å². The Balaban J connectivity index is 2.66. The average molecular weight is 260 g/mol. The van der Waals surface area contributed by atoms with E-state index in [1.165, 1.54) is 0 Å². The molecule has 0 aliphatic carbocycles. The third-order valence-electron chi connectivity index (χ3n) is 2.14. The Kier molecular flexibility index (Phi) is 4.64. The highest BCUT2D eigenvalue weighted by Gasteiger charge is 2.37. The SMILES string of the molecule is COC(=O)C(=O)C[C@H](OC(C)=O)[C@H]1COC(=O)O1. The van der Waals surface area contributed by atoms with Crippen molar-refractivity contribution < 1.29 is 38.1 Å². The van der Waals surface area contributed by atoms with Crippen molar-refractivity contribution in [3.63, 3.8) is 0 Å². The first-order valence-electron chi connectivity index (χ1n) is 5.05. The quantitative estimate of drug-likeness (QED) is 0.373. The van der Waals surface area contributed by atoms with Crippen molar-refractivity contribution in [1.29, 1.82) is 0 Å². The highest BCUT2D eigenvalue weighted by molar-refractivity contribution is 6.33. The molecule has 1 fully saturated rings. The van der Waals surface area contributed by atoms with E-state index in [4.69, 9.17) is 9.47 Å². The highest BCUT2D eigenvalue weighted by Crippen LogP contribution is 2.16. The van der Waals surface area contributed by atoms with Crippen LogP contribution in [0.4, 0.5) is 4.79 Å². The van der Waals surface area contributed by atoms with E-state index in [9.17, 15) is 19.2 Å². The van der Waals surface area contributed by atoms with E-state index in [1.54, 1.807) is 0 Å². The first-order valence-corrected chi connectivity index (χ1v) is 5.05. The van der Waals surface area contributed by atoms with Crippen LogP contribution in [0.25, 0.3) is 0 Å². The molecular weight excluding hydrogens is 248 g/mol. The Bertz CT molecular complexity index is 374. The number of rotatable bonds is 5. The number of ether oxygens (including phenoxy) is 4. The fraction of sp³-hybridized carbons (Fsp3) is 0.600. The van der Waals surface area contributed by atoms with E-state index in [-0.39, 0.29) is 6.61 Å². The molecule has 0 aromatic heterocycles. The molecule has 0 unspecified atom stereocenters. The van der Waals surface area contributed by atoms with Gasteiger partial charge in [0.1, 0.15) is 12.7 Å². The second kappa shape index (κ2) is 5.99. The Morgan fingerprint density at radius 1 is 1.44 bits per heavy atom. The lowest BCUT2D eigenvalue weighted by atomic mass is 10.1. The van der Waals surface area contributed by atoms with Gasteiger partial charge in [0.05, 0.1) is 13.5 Å². The number of Topliss-reactive ketones (excluding diaryl/α,β-unsaturated/α-hetero) is 1. The topological polar surface area (TPSA) is 105 Å². The molecule has 8 heteroatoms. The van der Waals surface area contributed by atoms with E-state index in [0.717, 1.165) is 14.0 Å². The summed E-state index contributed by atoms with van der Waals surface area (Å²) in [7, 11) is 1.06. The molecule has 1 aliphatic rings. The van der Waals surface area contributed by atoms with E-state index in [2.05, 4.69) is 9.47 Å². The van der Waals surface area contributed by atoms with Crippen molar-refractivity contribution in [2.75, 3.05) is 13.7 Å². The van der Waals surface area contributed by atoms with Gasteiger partial charge in [-0.15, -0.1) is 0 Å². The van der Waals surface area contributed by atoms with Crippen LogP contribution in [0.2, 0.25) is 0 Å². The zero-order chi connectivity index (χ0) is 13.7. The molecule has 0 aromatic rings. The van der Waals surface area contributed by atoms with E-state index >= 15 is 0 Å². The van der Waals surface area contributed by atoms with Crippen LogP contribution >= 0.6 is 0 Å². The summed E-state index contributed by atoms with van der Waals surface area (Å²) in [5.74, 6) is -2.61. The van der Waals surface area contributed by atoms with Crippen molar-refractivity contribution in [3.8, 4) is 0 Å². The van der Waals surface area contributed by atoms with Crippen molar-refractivity contribution in [2.24, 2.45) is 0 Å². The van der Waals surface area contributed by atoms with Crippen LogP contribution in [-0.4, -0.2) is 49.8 Å². The van der Waals surface area contributed by atoms with Crippen LogP contribution in [0.3, 0.4) is 0 Å². The first kappa shape index (κ1) is 13.9. The van der Waals surface area contributed by atoms with Crippen molar-refractivity contribution in [3.05, 3.63) is 0 Å². The molecule has 1 rings (SSSR count). The van der Waals surface area contributed by atoms with E-state index in [0.29, 0.717) is 0 Å². The predicted molar refractivity (Wildman–Crippen MR) is 53.4 cm³/mol. The number of hydrogen-bond donors (Lipinski definition) is 0. The number of ketones is 1.